The van der Waals surface area contributed by atoms with Crippen LogP contribution >= 0.6 is 0 Å². The second-order valence-electron chi connectivity index (χ2n) is 7.77. The number of carbonyl (C=O) groups excluding carboxylic acids is 1. The maximum Gasteiger partial charge on any atom is 0.311 e. The molecule has 1 aromatic carbocycles. The van der Waals surface area contributed by atoms with Crippen molar-refractivity contribution in [3.63, 3.8) is 0 Å². The fourth-order valence-corrected chi connectivity index (χ4v) is 3.84. The highest BCUT2D eigenvalue weighted by Crippen LogP contribution is 2.64. The van der Waals surface area contributed by atoms with Crippen LogP contribution in [-0.4, -0.2) is 12.6 Å². The van der Waals surface area contributed by atoms with Crippen molar-refractivity contribution in [3.05, 3.63) is 35.4 Å². The van der Waals surface area contributed by atoms with Gasteiger partial charge in [0.05, 0.1) is 12.0 Å². The predicted molar refractivity (Wildman–Crippen MR) is 79.6 cm³/mol. The Kier molecular flexibility index (Phi) is 2.80. The van der Waals surface area contributed by atoms with Crippen molar-refractivity contribution >= 4 is 5.97 Å². The van der Waals surface area contributed by atoms with Gasteiger partial charge in [0.25, 0.3) is 0 Å². The van der Waals surface area contributed by atoms with Gasteiger partial charge >= 0.3 is 5.97 Å². The topological polar surface area (TPSA) is 26.3 Å². The molecule has 0 bridgehead atoms. The van der Waals surface area contributed by atoms with Crippen LogP contribution < -0.4 is 0 Å². The summed E-state index contributed by atoms with van der Waals surface area (Å²) >= 11 is 0. The Balaban J connectivity index is 1.80. The summed E-state index contributed by atoms with van der Waals surface area (Å²) < 4.78 is 5.67. The van der Waals surface area contributed by atoms with Crippen molar-refractivity contribution in [2.75, 3.05) is 6.61 Å². The molecule has 2 aliphatic rings. The lowest BCUT2D eigenvalue weighted by Gasteiger charge is -2.54. The third kappa shape index (κ3) is 1.73. The lowest BCUT2D eigenvalue weighted by atomic mass is 9.51. The van der Waals surface area contributed by atoms with E-state index < -0.39 is 5.41 Å². The van der Waals surface area contributed by atoms with Gasteiger partial charge in [0.15, 0.2) is 0 Å². The van der Waals surface area contributed by atoms with Gasteiger partial charge in [-0.2, -0.15) is 0 Å². The number of benzene rings is 1. The predicted octanol–water partition coefficient (Wildman–Crippen LogP) is 3.87. The molecule has 1 aromatic rings. The number of hydrogen-bond acceptors (Lipinski definition) is 2. The van der Waals surface area contributed by atoms with Crippen LogP contribution in [0.5, 0.6) is 0 Å². The van der Waals surface area contributed by atoms with Gasteiger partial charge in [0.2, 0.25) is 0 Å². The second kappa shape index (κ2) is 4.09. The first-order valence-corrected chi connectivity index (χ1v) is 7.54. The van der Waals surface area contributed by atoms with Crippen molar-refractivity contribution in [1.82, 2.24) is 0 Å². The zero-order valence-electron chi connectivity index (χ0n) is 13.0. The number of carbonyl (C=O) groups is 1. The minimum atomic E-state index is -0.414. The minimum Gasteiger partial charge on any atom is -0.465 e. The van der Waals surface area contributed by atoms with Crippen molar-refractivity contribution in [2.45, 2.75) is 52.4 Å². The lowest BCUT2D eigenvalue weighted by Crippen LogP contribution is -2.53. The number of hydrogen-bond donors (Lipinski definition) is 0. The largest absolute Gasteiger partial charge is 0.465 e. The van der Waals surface area contributed by atoms with Crippen LogP contribution in [0.25, 0.3) is 0 Å². The van der Waals surface area contributed by atoms with E-state index in [0.29, 0.717) is 6.61 Å². The van der Waals surface area contributed by atoms with Gasteiger partial charge < -0.3 is 4.74 Å². The molecule has 0 radical (unpaired) electrons. The molecule has 1 fully saturated rings. The summed E-state index contributed by atoms with van der Waals surface area (Å²) in [7, 11) is 0. The maximum absolute atomic E-state index is 12.0. The van der Waals surface area contributed by atoms with Gasteiger partial charge in [-0.25, -0.2) is 0 Å². The van der Waals surface area contributed by atoms with Crippen LogP contribution in [0.2, 0.25) is 0 Å². The molecule has 2 aliphatic carbocycles. The zero-order chi connectivity index (χ0) is 14.6. The molecule has 2 nitrogen and oxygen atoms in total. The molecule has 1 saturated carbocycles. The number of fused-ring (bicyclic) bond motifs is 3. The molecule has 0 saturated heterocycles. The molecule has 0 amide bonds. The molecule has 2 atom stereocenters. The molecule has 0 spiro atoms. The van der Waals surface area contributed by atoms with Crippen LogP contribution in [0.15, 0.2) is 24.3 Å². The molecule has 0 aromatic heterocycles. The summed E-state index contributed by atoms with van der Waals surface area (Å²) in [4.78, 5) is 12.0. The number of rotatable bonds is 2. The van der Waals surface area contributed by atoms with Gasteiger partial charge in [-0.05, 0) is 51.2 Å². The van der Waals surface area contributed by atoms with Crippen LogP contribution in [0.4, 0.5) is 0 Å². The van der Waals surface area contributed by atoms with E-state index >= 15 is 0 Å². The number of ether oxygens (including phenoxy) is 1. The standard InChI is InChI=1S/C18H24O2/c1-16(2,3)15(19)20-12-18-10-9-17(18,4)14-8-6-5-7-13(14)11-18/h5-8H,9-12H2,1-4H3/t17-,18+/m1/s1. The Bertz CT molecular complexity index is 555. The van der Waals surface area contributed by atoms with E-state index in [1.165, 1.54) is 17.5 Å². The molecule has 108 valence electrons. The van der Waals surface area contributed by atoms with Crippen LogP contribution in [-0.2, 0) is 21.4 Å². The Hall–Kier alpha value is -1.31. The molecular weight excluding hydrogens is 248 g/mol. The third-order valence-electron chi connectivity index (χ3n) is 5.51. The summed E-state index contributed by atoms with van der Waals surface area (Å²) in [6.45, 7) is 8.64. The molecular formula is C18H24O2. The SMILES string of the molecule is CC(C)(C)C(=O)OC[C@@]12CC[C@]1(C)c1ccccc1C2. The third-order valence-corrected chi connectivity index (χ3v) is 5.51. The first-order valence-electron chi connectivity index (χ1n) is 7.54. The first-order chi connectivity index (χ1) is 9.29. The van der Waals surface area contributed by atoms with E-state index in [2.05, 4.69) is 31.2 Å². The highest BCUT2D eigenvalue weighted by molar-refractivity contribution is 5.75. The van der Waals surface area contributed by atoms with Crippen LogP contribution in [0.3, 0.4) is 0 Å². The Labute approximate surface area is 121 Å². The summed E-state index contributed by atoms with van der Waals surface area (Å²) in [6, 6.07) is 8.72. The van der Waals surface area contributed by atoms with Crippen molar-refractivity contribution in [1.29, 1.82) is 0 Å². The van der Waals surface area contributed by atoms with Crippen molar-refractivity contribution in [3.8, 4) is 0 Å². The average Bonchev–Trinajstić information content (AvgIpc) is 2.55. The van der Waals surface area contributed by atoms with E-state index in [-0.39, 0.29) is 16.8 Å². The Morgan fingerprint density at radius 3 is 2.55 bits per heavy atom. The minimum absolute atomic E-state index is 0.0860. The summed E-state index contributed by atoms with van der Waals surface area (Å²) in [5.74, 6) is -0.0860. The highest BCUT2D eigenvalue weighted by atomic mass is 16.5. The fourth-order valence-electron chi connectivity index (χ4n) is 3.84. The normalized spacial score (nSPS) is 31.2. The van der Waals surface area contributed by atoms with Gasteiger partial charge in [0.1, 0.15) is 0 Å². The highest BCUT2D eigenvalue weighted by Gasteiger charge is 2.61. The van der Waals surface area contributed by atoms with Crippen molar-refractivity contribution < 1.29 is 9.53 Å². The van der Waals surface area contributed by atoms with Gasteiger partial charge in [-0.15, -0.1) is 0 Å². The maximum atomic E-state index is 12.0. The molecule has 0 N–H and O–H groups in total. The lowest BCUT2D eigenvalue weighted by molar-refractivity contribution is -0.162. The summed E-state index contributed by atoms with van der Waals surface area (Å²) in [5.41, 5.74) is 2.83. The second-order valence-corrected chi connectivity index (χ2v) is 7.77. The smallest absolute Gasteiger partial charge is 0.311 e. The average molecular weight is 272 g/mol. The molecule has 0 heterocycles. The van der Waals surface area contributed by atoms with Gasteiger partial charge in [-0.1, -0.05) is 31.2 Å². The van der Waals surface area contributed by atoms with Crippen LogP contribution in [0, 0.1) is 10.8 Å². The molecule has 3 rings (SSSR count). The fraction of sp³-hybridized carbons (Fsp3) is 0.611. The molecule has 0 unspecified atom stereocenters. The summed E-state index contributed by atoms with van der Waals surface area (Å²) in [6.07, 6.45) is 3.42. The molecule has 2 heteroatoms. The Morgan fingerprint density at radius 1 is 1.25 bits per heavy atom. The van der Waals surface area contributed by atoms with Crippen LogP contribution in [0.1, 0.15) is 51.7 Å². The zero-order valence-corrected chi connectivity index (χ0v) is 13.0. The first kappa shape index (κ1) is 13.7. The van der Waals surface area contributed by atoms with Gasteiger partial charge in [0, 0.05) is 10.8 Å². The molecule has 0 aliphatic heterocycles. The van der Waals surface area contributed by atoms with E-state index in [0.717, 1.165) is 12.8 Å². The van der Waals surface area contributed by atoms with E-state index in [4.69, 9.17) is 4.74 Å². The Morgan fingerprint density at radius 2 is 1.95 bits per heavy atom. The quantitative estimate of drug-likeness (QED) is 0.764. The monoisotopic (exact) mass is 272 g/mol. The molecule has 20 heavy (non-hydrogen) atoms. The van der Waals surface area contributed by atoms with Crippen molar-refractivity contribution in [2.24, 2.45) is 10.8 Å². The summed E-state index contributed by atoms with van der Waals surface area (Å²) in [5, 5.41) is 0. The number of esters is 1. The van der Waals surface area contributed by atoms with E-state index in [9.17, 15) is 4.79 Å². The van der Waals surface area contributed by atoms with Gasteiger partial charge in [-0.3, -0.25) is 4.79 Å². The van der Waals surface area contributed by atoms with E-state index in [1.807, 2.05) is 20.8 Å². The van der Waals surface area contributed by atoms with E-state index in [1.54, 1.807) is 0 Å².